The van der Waals surface area contributed by atoms with Crippen LogP contribution in [0.2, 0.25) is 10.0 Å². The minimum absolute atomic E-state index is 0.0467. The third-order valence-corrected chi connectivity index (χ3v) is 8.84. The van der Waals surface area contributed by atoms with Gasteiger partial charge in [-0.25, -0.2) is 8.42 Å². The van der Waals surface area contributed by atoms with Crippen LogP contribution in [0.25, 0.3) is 0 Å². The van der Waals surface area contributed by atoms with Crippen molar-refractivity contribution in [3.05, 3.63) is 93.5 Å². The summed E-state index contributed by atoms with van der Waals surface area (Å²) < 4.78 is 28.9. The van der Waals surface area contributed by atoms with Gasteiger partial charge in [0.2, 0.25) is 11.8 Å². The number of nitrogens with one attached hydrogen (secondary N) is 1. The number of halogens is 2. The van der Waals surface area contributed by atoms with E-state index in [0.717, 1.165) is 15.4 Å². The first-order chi connectivity index (χ1) is 18.8. The highest BCUT2D eigenvalue weighted by molar-refractivity contribution is 7.92. The molecule has 0 spiro atoms. The lowest BCUT2D eigenvalue weighted by Gasteiger charge is -2.32. The van der Waals surface area contributed by atoms with E-state index in [1.165, 1.54) is 17.0 Å². The maximum absolute atomic E-state index is 14.0. The summed E-state index contributed by atoms with van der Waals surface area (Å²) in [7, 11) is -4.14. The van der Waals surface area contributed by atoms with Crippen molar-refractivity contribution in [3.8, 4) is 0 Å². The summed E-state index contributed by atoms with van der Waals surface area (Å²) in [6.07, 6.45) is 0. The number of rotatable bonds is 11. The topological polar surface area (TPSA) is 86.8 Å². The summed E-state index contributed by atoms with van der Waals surface area (Å²) in [5, 5.41) is 3.53. The van der Waals surface area contributed by atoms with Crippen molar-refractivity contribution in [2.24, 2.45) is 5.92 Å². The van der Waals surface area contributed by atoms with Crippen LogP contribution in [0.1, 0.15) is 37.5 Å². The van der Waals surface area contributed by atoms with Gasteiger partial charge in [-0.1, -0.05) is 67.4 Å². The van der Waals surface area contributed by atoms with Crippen LogP contribution in [0.5, 0.6) is 0 Å². The van der Waals surface area contributed by atoms with Gasteiger partial charge in [0.1, 0.15) is 12.6 Å². The molecule has 2 amide bonds. The fourth-order valence-electron chi connectivity index (χ4n) is 4.23. The summed E-state index contributed by atoms with van der Waals surface area (Å²) in [6, 6.07) is 17.4. The third-order valence-electron chi connectivity index (χ3n) is 6.35. The molecule has 214 valence electrons. The molecule has 0 radical (unpaired) electrons. The molecule has 10 heteroatoms. The highest BCUT2D eigenvalue weighted by Gasteiger charge is 2.33. The number of anilines is 1. The molecule has 0 saturated carbocycles. The van der Waals surface area contributed by atoms with E-state index in [-0.39, 0.29) is 23.3 Å². The average molecular weight is 605 g/mol. The van der Waals surface area contributed by atoms with Crippen LogP contribution in [0.3, 0.4) is 0 Å². The molecule has 0 fully saturated rings. The molecule has 0 aromatic heterocycles. The van der Waals surface area contributed by atoms with Crippen molar-refractivity contribution in [1.29, 1.82) is 0 Å². The molecule has 40 heavy (non-hydrogen) atoms. The standard InChI is InChI=1S/C30H35Cl2N3O4S/c1-20(2)17-33-30(37)23(5)34(18-26-27(31)12-9-13-28(26)32)29(36)19-35(24-15-21(3)14-22(4)16-24)40(38,39)25-10-7-6-8-11-25/h6-16,20,23H,17-19H2,1-5H3,(H,33,37). The Morgan fingerprint density at radius 1 is 0.875 bits per heavy atom. The predicted molar refractivity (Wildman–Crippen MR) is 161 cm³/mol. The van der Waals surface area contributed by atoms with E-state index in [4.69, 9.17) is 23.2 Å². The van der Waals surface area contributed by atoms with Gasteiger partial charge in [-0.05, 0) is 74.2 Å². The van der Waals surface area contributed by atoms with Crippen molar-refractivity contribution in [1.82, 2.24) is 10.2 Å². The fraction of sp³-hybridized carbons (Fsp3) is 0.333. The number of nitrogens with zero attached hydrogens (tertiary/aromatic N) is 2. The van der Waals surface area contributed by atoms with Gasteiger partial charge in [-0.3, -0.25) is 13.9 Å². The van der Waals surface area contributed by atoms with Gasteiger partial charge in [0.05, 0.1) is 10.6 Å². The summed E-state index contributed by atoms with van der Waals surface area (Å²) in [5.41, 5.74) is 2.50. The van der Waals surface area contributed by atoms with Gasteiger partial charge in [0, 0.05) is 28.7 Å². The minimum Gasteiger partial charge on any atom is -0.354 e. The zero-order valence-corrected chi connectivity index (χ0v) is 25.6. The molecule has 1 unspecified atom stereocenters. The van der Waals surface area contributed by atoms with Crippen LogP contribution in [-0.2, 0) is 26.2 Å². The molecular formula is C30H35Cl2N3O4S. The molecule has 0 heterocycles. The van der Waals surface area contributed by atoms with Gasteiger partial charge in [0.15, 0.2) is 0 Å². The monoisotopic (exact) mass is 603 g/mol. The second-order valence-corrected chi connectivity index (χ2v) is 12.9. The Morgan fingerprint density at radius 2 is 1.45 bits per heavy atom. The Kier molecular flexibility index (Phi) is 10.6. The lowest BCUT2D eigenvalue weighted by atomic mass is 10.1. The van der Waals surface area contributed by atoms with Gasteiger partial charge in [0.25, 0.3) is 10.0 Å². The third kappa shape index (κ3) is 7.77. The quantitative estimate of drug-likeness (QED) is 0.291. The number of carbonyl (C=O) groups excluding carboxylic acids is 2. The molecule has 1 N–H and O–H groups in total. The Hall–Kier alpha value is -3.07. The summed E-state index contributed by atoms with van der Waals surface area (Å²) in [4.78, 5) is 28.5. The van der Waals surface area contributed by atoms with E-state index in [9.17, 15) is 18.0 Å². The first kappa shape index (κ1) is 31.5. The van der Waals surface area contributed by atoms with Gasteiger partial charge >= 0.3 is 0 Å². The van der Waals surface area contributed by atoms with Gasteiger partial charge in [-0.15, -0.1) is 0 Å². The second kappa shape index (κ2) is 13.5. The van der Waals surface area contributed by atoms with Crippen molar-refractivity contribution >= 4 is 50.7 Å². The number of sulfonamides is 1. The first-order valence-electron chi connectivity index (χ1n) is 13.0. The average Bonchev–Trinajstić information content (AvgIpc) is 2.89. The Bertz CT molecular complexity index is 1420. The molecule has 3 aromatic carbocycles. The molecule has 0 bridgehead atoms. The normalized spacial score (nSPS) is 12.2. The molecule has 0 aliphatic heterocycles. The van der Waals surface area contributed by atoms with E-state index in [2.05, 4.69) is 5.32 Å². The van der Waals surface area contributed by atoms with Crippen molar-refractivity contribution < 1.29 is 18.0 Å². The van der Waals surface area contributed by atoms with Crippen LogP contribution < -0.4 is 9.62 Å². The molecular weight excluding hydrogens is 569 g/mol. The zero-order valence-electron chi connectivity index (χ0n) is 23.3. The van der Waals surface area contributed by atoms with Crippen molar-refractivity contribution in [2.45, 2.75) is 52.1 Å². The van der Waals surface area contributed by atoms with Gasteiger partial charge < -0.3 is 10.2 Å². The number of benzene rings is 3. The molecule has 0 aliphatic carbocycles. The molecule has 0 saturated heterocycles. The largest absolute Gasteiger partial charge is 0.354 e. The number of amides is 2. The molecule has 3 aromatic rings. The number of carbonyl (C=O) groups is 2. The van der Waals surface area contributed by atoms with Crippen molar-refractivity contribution in [2.75, 3.05) is 17.4 Å². The Morgan fingerprint density at radius 3 is 2.00 bits per heavy atom. The van der Waals surface area contributed by atoms with Crippen molar-refractivity contribution in [3.63, 3.8) is 0 Å². The smallest absolute Gasteiger partial charge is 0.264 e. The first-order valence-corrected chi connectivity index (χ1v) is 15.2. The van der Waals surface area contributed by atoms with E-state index in [1.807, 2.05) is 33.8 Å². The van der Waals surface area contributed by atoms with E-state index in [1.54, 1.807) is 55.5 Å². The molecule has 3 rings (SSSR count). The number of hydrogen-bond donors (Lipinski definition) is 1. The lowest BCUT2D eigenvalue weighted by molar-refractivity contribution is -0.139. The fourth-order valence-corrected chi connectivity index (χ4v) is 6.17. The van der Waals surface area contributed by atoms with E-state index in [0.29, 0.717) is 27.8 Å². The Balaban J connectivity index is 2.07. The maximum atomic E-state index is 14.0. The second-order valence-electron chi connectivity index (χ2n) is 10.2. The Labute approximate surface area is 247 Å². The molecule has 1 atom stereocenters. The lowest BCUT2D eigenvalue weighted by Crippen LogP contribution is -2.51. The summed E-state index contributed by atoms with van der Waals surface area (Å²) in [6.45, 7) is 9.06. The summed E-state index contributed by atoms with van der Waals surface area (Å²) >= 11 is 12.9. The van der Waals surface area contributed by atoms with E-state index < -0.39 is 28.5 Å². The zero-order chi connectivity index (χ0) is 29.6. The van der Waals surface area contributed by atoms with Crippen LogP contribution >= 0.6 is 23.2 Å². The highest BCUT2D eigenvalue weighted by Crippen LogP contribution is 2.29. The number of hydrogen-bond acceptors (Lipinski definition) is 4. The molecule has 0 aliphatic rings. The SMILES string of the molecule is Cc1cc(C)cc(N(CC(=O)N(Cc2c(Cl)cccc2Cl)C(C)C(=O)NCC(C)C)S(=O)(=O)c2ccccc2)c1. The minimum atomic E-state index is -4.14. The predicted octanol–water partition coefficient (Wildman–Crippen LogP) is 6.00. The van der Waals surface area contributed by atoms with Gasteiger partial charge in [-0.2, -0.15) is 0 Å². The van der Waals surface area contributed by atoms with Crippen LogP contribution in [-0.4, -0.2) is 44.3 Å². The van der Waals surface area contributed by atoms with E-state index >= 15 is 0 Å². The maximum Gasteiger partial charge on any atom is 0.264 e. The number of aryl methyl sites for hydroxylation is 2. The van der Waals surface area contributed by atoms with Crippen LogP contribution in [0.15, 0.2) is 71.6 Å². The summed E-state index contributed by atoms with van der Waals surface area (Å²) in [5.74, 6) is -0.745. The molecule has 7 nitrogen and oxygen atoms in total. The van der Waals surface area contributed by atoms with Crippen LogP contribution in [0.4, 0.5) is 5.69 Å². The highest BCUT2D eigenvalue weighted by atomic mass is 35.5. The van der Waals surface area contributed by atoms with Crippen LogP contribution in [0, 0.1) is 19.8 Å².